The van der Waals surface area contributed by atoms with Crippen molar-refractivity contribution in [2.75, 3.05) is 0 Å². The second kappa shape index (κ2) is 6.65. The van der Waals surface area contributed by atoms with Crippen LogP contribution in [0.3, 0.4) is 0 Å². The third-order valence-electron chi connectivity index (χ3n) is 2.62. The Bertz CT molecular complexity index is 369. The molecule has 1 saturated heterocycles. The van der Waals surface area contributed by atoms with Gasteiger partial charge >= 0.3 is 17.9 Å². The van der Waals surface area contributed by atoms with E-state index in [4.69, 9.17) is 18.9 Å². The summed E-state index contributed by atoms with van der Waals surface area (Å²) in [6, 6.07) is 0. The van der Waals surface area contributed by atoms with Gasteiger partial charge in [0.1, 0.15) is 0 Å². The molecular formula is C12H17FO7. The SMILES string of the molecule is CC(=O)O[C@@H]1[C@H](OC(C)=O)[C@H](C)OC(F)[C@H]1OC(C)=O. The minimum absolute atomic E-state index is 0.651. The fourth-order valence-electron chi connectivity index (χ4n) is 1.96. The van der Waals surface area contributed by atoms with E-state index in [1.807, 2.05) is 0 Å². The van der Waals surface area contributed by atoms with E-state index in [0.29, 0.717) is 0 Å². The van der Waals surface area contributed by atoms with Gasteiger partial charge in [0.15, 0.2) is 18.3 Å². The van der Waals surface area contributed by atoms with Crippen molar-refractivity contribution in [2.45, 2.75) is 58.5 Å². The minimum atomic E-state index is -1.98. The van der Waals surface area contributed by atoms with Crippen molar-refractivity contribution in [2.24, 2.45) is 0 Å². The number of halogens is 1. The first kappa shape index (κ1) is 16.4. The van der Waals surface area contributed by atoms with Crippen LogP contribution < -0.4 is 0 Å². The minimum Gasteiger partial charge on any atom is -0.456 e. The van der Waals surface area contributed by atoms with Crippen molar-refractivity contribution in [1.29, 1.82) is 0 Å². The molecule has 1 unspecified atom stereocenters. The highest BCUT2D eigenvalue weighted by molar-refractivity contribution is 5.68. The molecule has 0 aromatic rings. The molecule has 114 valence electrons. The third-order valence-corrected chi connectivity index (χ3v) is 2.62. The molecule has 0 spiro atoms. The monoisotopic (exact) mass is 292 g/mol. The predicted octanol–water partition coefficient (Wildman–Crippen LogP) is 0.496. The standard InChI is InChI=1S/C12H17FO7/c1-5-9(18-6(2)14)10(19-7(3)15)11(12(13)17-5)20-8(4)16/h5,9-12H,1-4H3/t5-,9+,10+,11-,12?/m0/s1. The molecule has 0 saturated carbocycles. The van der Waals surface area contributed by atoms with Gasteiger partial charge in [-0.2, -0.15) is 0 Å². The lowest BCUT2D eigenvalue weighted by molar-refractivity contribution is -0.268. The van der Waals surface area contributed by atoms with E-state index in [9.17, 15) is 18.8 Å². The zero-order valence-electron chi connectivity index (χ0n) is 11.6. The molecule has 0 N–H and O–H groups in total. The molecule has 0 amide bonds. The summed E-state index contributed by atoms with van der Waals surface area (Å²) >= 11 is 0. The molecule has 1 fully saturated rings. The van der Waals surface area contributed by atoms with Crippen LogP contribution in [0.5, 0.6) is 0 Å². The van der Waals surface area contributed by atoms with E-state index in [0.717, 1.165) is 20.8 Å². The summed E-state index contributed by atoms with van der Waals surface area (Å²) in [7, 11) is 0. The lowest BCUT2D eigenvalue weighted by atomic mass is 9.99. The first-order valence-corrected chi connectivity index (χ1v) is 6.03. The lowest BCUT2D eigenvalue weighted by Gasteiger charge is -2.40. The first-order valence-electron chi connectivity index (χ1n) is 6.03. The highest BCUT2D eigenvalue weighted by atomic mass is 19.1. The summed E-state index contributed by atoms with van der Waals surface area (Å²) < 4.78 is 33.4. The summed E-state index contributed by atoms with van der Waals surface area (Å²) in [6.45, 7) is 4.81. The fraction of sp³-hybridized carbons (Fsp3) is 0.750. The number of rotatable bonds is 3. The van der Waals surface area contributed by atoms with Gasteiger partial charge in [0, 0.05) is 20.8 Å². The van der Waals surface area contributed by atoms with Gasteiger partial charge in [0.25, 0.3) is 0 Å². The Morgan fingerprint density at radius 1 is 0.850 bits per heavy atom. The molecule has 0 aromatic carbocycles. The number of hydrogen-bond donors (Lipinski definition) is 0. The van der Waals surface area contributed by atoms with Crippen molar-refractivity contribution in [3.8, 4) is 0 Å². The predicted molar refractivity (Wildman–Crippen MR) is 62.1 cm³/mol. The van der Waals surface area contributed by atoms with Gasteiger partial charge in [-0.1, -0.05) is 0 Å². The highest BCUT2D eigenvalue weighted by Gasteiger charge is 2.50. The Hall–Kier alpha value is -1.70. The van der Waals surface area contributed by atoms with Crippen LogP contribution in [-0.4, -0.2) is 48.7 Å². The first-order chi connectivity index (χ1) is 9.22. The molecule has 5 atom stereocenters. The number of ether oxygens (including phenoxy) is 4. The van der Waals surface area contributed by atoms with Gasteiger partial charge in [-0.3, -0.25) is 14.4 Å². The average Bonchev–Trinajstić information content (AvgIpc) is 2.27. The fourth-order valence-corrected chi connectivity index (χ4v) is 1.96. The van der Waals surface area contributed by atoms with E-state index in [-0.39, 0.29) is 0 Å². The molecule has 1 heterocycles. The largest absolute Gasteiger partial charge is 0.456 e. The average molecular weight is 292 g/mol. The van der Waals surface area contributed by atoms with E-state index < -0.39 is 48.7 Å². The van der Waals surface area contributed by atoms with E-state index in [1.165, 1.54) is 6.92 Å². The Morgan fingerprint density at radius 3 is 1.70 bits per heavy atom. The number of alkyl halides is 1. The molecule has 0 aromatic heterocycles. The van der Waals surface area contributed by atoms with Gasteiger partial charge < -0.3 is 18.9 Å². The van der Waals surface area contributed by atoms with Crippen molar-refractivity contribution >= 4 is 17.9 Å². The maximum Gasteiger partial charge on any atom is 0.303 e. The van der Waals surface area contributed by atoms with Crippen LogP contribution in [0.2, 0.25) is 0 Å². The third kappa shape index (κ3) is 4.16. The Balaban J connectivity index is 3.01. The van der Waals surface area contributed by atoms with Gasteiger partial charge in [-0.05, 0) is 6.92 Å². The number of hydrogen-bond acceptors (Lipinski definition) is 7. The van der Waals surface area contributed by atoms with Gasteiger partial charge in [0.05, 0.1) is 6.10 Å². The maximum absolute atomic E-state index is 13.8. The number of esters is 3. The second-order valence-corrected chi connectivity index (χ2v) is 4.41. The normalized spacial score (nSPS) is 33.1. The molecule has 8 heteroatoms. The summed E-state index contributed by atoms with van der Waals surface area (Å²) in [5, 5.41) is 0. The summed E-state index contributed by atoms with van der Waals surface area (Å²) in [6.07, 6.45) is -6.65. The maximum atomic E-state index is 13.8. The van der Waals surface area contributed by atoms with Crippen LogP contribution in [0, 0.1) is 0 Å². The molecule has 0 radical (unpaired) electrons. The van der Waals surface area contributed by atoms with Crippen molar-refractivity contribution < 1.29 is 37.7 Å². The van der Waals surface area contributed by atoms with Crippen LogP contribution in [0.15, 0.2) is 0 Å². The van der Waals surface area contributed by atoms with Crippen LogP contribution in [0.4, 0.5) is 4.39 Å². The second-order valence-electron chi connectivity index (χ2n) is 4.41. The Kier molecular flexibility index (Phi) is 5.43. The summed E-state index contributed by atoms with van der Waals surface area (Å²) in [5.41, 5.74) is 0. The van der Waals surface area contributed by atoms with Gasteiger partial charge in [-0.15, -0.1) is 0 Å². The zero-order chi connectivity index (χ0) is 15.4. The molecule has 0 bridgehead atoms. The van der Waals surface area contributed by atoms with Crippen LogP contribution >= 0.6 is 0 Å². The van der Waals surface area contributed by atoms with Gasteiger partial charge in [-0.25, -0.2) is 4.39 Å². The van der Waals surface area contributed by atoms with E-state index in [1.54, 1.807) is 0 Å². The van der Waals surface area contributed by atoms with Gasteiger partial charge in [0.2, 0.25) is 6.36 Å². The molecule has 7 nitrogen and oxygen atoms in total. The highest BCUT2D eigenvalue weighted by Crippen LogP contribution is 2.29. The Morgan fingerprint density at radius 2 is 1.25 bits per heavy atom. The molecule has 1 aliphatic heterocycles. The molecule has 1 aliphatic rings. The van der Waals surface area contributed by atoms with Crippen LogP contribution in [0.25, 0.3) is 0 Å². The quantitative estimate of drug-likeness (QED) is 0.552. The lowest BCUT2D eigenvalue weighted by Crippen LogP contribution is -2.59. The van der Waals surface area contributed by atoms with Crippen LogP contribution in [0.1, 0.15) is 27.7 Å². The van der Waals surface area contributed by atoms with Crippen molar-refractivity contribution in [3.05, 3.63) is 0 Å². The topological polar surface area (TPSA) is 88.1 Å². The van der Waals surface area contributed by atoms with Crippen molar-refractivity contribution in [3.63, 3.8) is 0 Å². The smallest absolute Gasteiger partial charge is 0.303 e. The Labute approximate surface area is 115 Å². The zero-order valence-corrected chi connectivity index (χ0v) is 11.6. The molecule has 20 heavy (non-hydrogen) atoms. The summed E-state index contributed by atoms with van der Waals surface area (Å²) in [4.78, 5) is 33.2. The number of carbonyl (C=O) groups excluding carboxylic acids is 3. The summed E-state index contributed by atoms with van der Waals surface area (Å²) in [5.74, 6) is -2.14. The number of carbonyl (C=O) groups is 3. The molecule has 0 aliphatic carbocycles. The van der Waals surface area contributed by atoms with E-state index in [2.05, 4.69) is 0 Å². The molecular weight excluding hydrogens is 275 g/mol. The molecule has 1 rings (SSSR count). The van der Waals surface area contributed by atoms with Crippen molar-refractivity contribution in [1.82, 2.24) is 0 Å². The van der Waals surface area contributed by atoms with Crippen LogP contribution in [-0.2, 0) is 33.3 Å². The van der Waals surface area contributed by atoms with E-state index >= 15 is 0 Å².